The standard InChI is InChI=1S/C11H15NO2S/c1-4-9-5-8(11(13)14)6-10(12-9)15-7(2)3/h5-7H,4H2,1-3H3,(H,13,14). The van der Waals surface area contributed by atoms with Crippen molar-refractivity contribution in [1.82, 2.24) is 4.98 Å². The third-order valence-corrected chi connectivity index (χ3v) is 2.74. The van der Waals surface area contributed by atoms with E-state index in [4.69, 9.17) is 5.11 Å². The number of hydrogen-bond acceptors (Lipinski definition) is 3. The van der Waals surface area contributed by atoms with Crippen LogP contribution in [0.15, 0.2) is 17.2 Å². The molecule has 1 aromatic rings. The molecule has 0 fully saturated rings. The zero-order valence-electron chi connectivity index (χ0n) is 9.15. The van der Waals surface area contributed by atoms with Crippen molar-refractivity contribution in [2.45, 2.75) is 37.5 Å². The largest absolute Gasteiger partial charge is 0.478 e. The summed E-state index contributed by atoms with van der Waals surface area (Å²) in [5, 5.41) is 10.1. The molecule has 0 amide bonds. The Morgan fingerprint density at radius 1 is 1.53 bits per heavy atom. The van der Waals surface area contributed by atoms with Crippen LogP contribution in [0.2, 0.25) is 0 Å². The van der Waals surface area contributed by atoms with Gasteiger partial charge in [0.1, 0.15) is 0 Å². The number of aromatic nitrogens is 1. The fraction of sp³-hybridized carbons (Fsp3) is 0.455. The van der Waals surface area contributed by atoms with Gasteiger partial charge in [0.05, 0.1) is 10.6 Å². The topological polar surface area (TPSA) is 50.2 Å². The minimum absolute atomic E-state index is 0.324. The fourth-order valence-electron chi connectivity index (χ4n) is 1.17. The number of thioether (sulfide) groups is 1. The number of carboxylic acids is 1. The zero-order chi connectivity index (χ0) is 11.4. The van der Waals surface area contributed by atoms with E-state index in [-0.39, 0.29) is 0 Å². The highest BCUT2D eigenvalue weighted by Gasteiger charge is 2.09. The lowest BCUT2D eigenvalue weighted by atomic mass is 10.2. The lowest BCUT2D eigenvalue weighted by molar-refractivity contribution is 0.0696. The molecule has 0 bridgehead atoms. The van der Waals surface area contributed by atoms with Crippen LogP contribution in [0, 0.1) is 0 Å². The third-order valence-electron chi connectivity index (χ3n) is 1.82. The van der Waals surface area contributed by atoms with Gasteiger partial charge >= 0.3 is 5.97 Å². The number of hydrogen-bond donors (Lipinski definition) is 1. The van der Waals surface area contributed by atoms with Crippen molar-refractivity contribution in [1.29, 1.82) is 0 Å². The van der Waals surface area contributed by atoms with E-state index in [9.17, 15) is 4.79 Å². The first kappa shape index (κ1) is 12.0. The Labute approximate surface area is 93.9 Å². The molecule has 0 spiro atoms. The molecule has 0 aromatic carbocycles. The maximum absolute atomic E-state index is 10.9. The Morgan fingerprint density at radius 3 is 2.67 bits per heavy atom. The van der Waals surface area contributed by atoms with Crippen LogP contribution >= 0.6 is 11.8 Å². The van der Waals surface area contributed by atoms with Crippen LogP contribution in [-0.2, 0) is 6.42 Å². The second kappa shape index (κ2) is 5.16. The van der Waals surface area contributed by atoms with E-state index in [0.717, 1.165) is 17.1 Å². The van der Waals surface area contributed by atoms with E-state index in [2.05, 4.69) is 18.8 Å². The van der Waals surface area contributed by atoms with Gasteiger partial charge < -0.3 is 5.11 Å². The van der Waals surface area contributed by atoms with E-state index in [1.54, 1.807) is 23.9 Å². The van der Waals surface area contributed by atoms with Gasteiger partial charge in [-0.2, -0.15) is 0 Å². The average molecular weight is 225 g/mol. The Morgan fingerprint density at radius 2 is 2.20 bits per heavy atom. The van der Waals surface area contributed by atoms with E-state index in [0.29, 0.717) is 10.8 Å². The van der Waals surface area contributed by atoms with Gasteiger partial charge in [-0.3, -0.25) is 0 Å². The summed E-state index contributed by atoms with van der Waals surface area (Å²) in [4.78, 5) is 15.2. The summed E-state index contributed by atoms with van der Waals surface area (Å²) in [6.45, 7) is 6.09. The van der Waals surface area contributed by atoms with Crippen molar-refractivity contribution in [3.63, 3.8) is 0 Å². The van der Waals surface area contributed by atoms with Crippen LogP contribution in [0.5, 0.6) is 0 Å². The van der Waals surface area contributed by atoms with E-state index >= 15 is 0 Å². The highest BCUT2D eigenvalue weighted by molar-refractivity contribution is 7.99. The number of carbonyl (C=O) groups is 1. The second-order valence-electron chi connectivity index (χ2n) is 3.51. The molecular weight excluding hydrogens is 210 g/mol. The first-order valence-electron chi connectivity index (χ1n) is 4.93. The van der Waals surface area contributed by atoms with Crippen molar-refractivity contribution < 1.29 is 9.90 Å². The normalized spacial score (nSPS) is 10.7. The molecule has 0 aliphatic heterocycles. The van der Waals surface area contributed by atoms with Crippen molar-refractivity contribution >= 4 is 17.7 Å². The molecule has 0 atom stereocenters. The number of rotatable bonds is 4. The molecule has 0 unspecified atom stereocenters. The lowest BCUT2D eigenvalue weighted by Crippen LogP contribution is -2.01. The summed E-state index contributed by atoms with van der Waals surface area (Å²) in [5.41, 5.74) is 1.16. The Kier molecular flexibility index (Phi) is 4.15. The Hall–Kier alpha value is -1.03. The van der Waals surface area contributed by atoms with Gasteiger partial charge in [-0.15, -0.1) is 11.8 Å². The van der Waals surface area contributed by atoms with Gasteiger partial charge in [-0.1, -0.05) is 20.8 Å². The van der Waals surface area contributed by atoms with E-state index < -0.39 is 5.97 Å². The van der Waals surface area contributed by atoms with Crippen LogP contribution in [0.3, 0.4) is 0 Å². The fourth-order valence-corrected chi connectivity index (χ4v) is 2.01. The summed E-state index contributed by atoms with van der Waals surface area (Å²) < 4.78 is 0. The summed E-state index contributed by atoms with van der Waals surface area (Å²) in [6.07, 6.45) is 0.757. The maximum Gasteiger partial charge on any atom is 0.335 e. The van der Waals surface area contributed by atoms with Gasteiger partial charge in [-0.25, -0.2) is 9.78 Å². The highest BCUT2D eigenvalue weighted by atomic mass is 32.2. The maximum atomic E-state index is 10.9. The molecule has 0 aliphatic carbocycles. The summed E-state index contributed by atoms with van der Waals surface area (Å²) in [7, 11) is 0. The van der Waals surface area contributed by atoms with Crippen LogP contribution in [-0.4, -0.2) is 21.3 Å². The second-order valence-corrected chi connectivity index (χ2v) is 5.11. The number of pyridine rings is 1. The van der Waals surface area contributed by atoms with Crippen LogP contribution in [0.4, 0.5) is 0 Å². The molecule has 82 valence electrons. The number of carboxylic acid groups (broad SMARTS) is 1. The number of aromatic carboxylic acids is 1. The van der Waals surface area contributed by atoms with Gasteiger partial charge in [0.25, 0.3) is 0 Å². The predicted molar refractivity (Wildman–Crippen MR) is 61.6 cm³/mol. The Bertz CT molecular complexity index is 364. The smallest absolute Gasteiger partial charge is 0.335 e. The summed E-state index contributed by atoms with van der Waals surface area (Å²) in [6, 6.07) is 3.26. The average Bonchev–Trinajstić information content (AvgIpc) is 2.16. The monoisotopic (exact) mass is 225 g/mol. The first-order valence-corrected chi connectivity index (χ1v) is 5.81. The number of nitrogens with zero attached hydrogens (tertiary/aromatic N) is 1. The molecule has 0 aliphatic rings. The van der Waals surface area contributed by atoms with Crippen molar-refractivity contribution in [2.75, 3.05) is 0 Å². The van der Waals surface area contributed by atoms with E-state index in [1.807, 2.05) is 6.92 Å². The van der Waals surface area contributed by atoms with Crippen LogP contribution in [0.1, 0.15) is 36.8 Å². The molecule has 1 rings (SSSR count). The van der Waals surface area contributed by atoms with Gasteiger partial charge in [-0.05, 0) is 18.6 Å². The van der Waals surface area contributed by atoms with Crippen molar-refractivity contribution in [2.24, 2.45) is 0 Å². The highest BCUT2D eigenvalue weighted by Crippen LogP contribution is 2.22. The third kappa shape index (κ3) is 3.55. The van der Waals surface area contributed by atoms with Gasteiger partial charge in [0, 0.05) is 10.9 Å². The molecule has 1 aromatic heterocycles. The first-order chi connectivity index (χ1) is 7.02. The van der Waals surface area contributed by atoms with Crippen LogP contribution < -0.4 is 0 Å². The minimum atomic E-state index is -0.891. The quantitative estimate of drug-likeness (QED) is 0.800. The summed E-state index contributed by atoms with van der Waals surface area (Å²) >= 11 is 1.59. The molecule has 3 nitrogen and oxygen atoms in total. The molecular formula is C11H15NO2S. The number of aryl methyl sites for hydroxylation is 1. The molecule has 0 saturated carbocycles. The summed E-state index contributed by atoms with van der Waals surface area (Å²) in [5.74, 6) is -0.891. The molecule has 1 N–H and O–H groups in total. The zero-order valence-corrected chi connectivity index (χ0v) is 9.97. The van der Waals surface area contributed by atoms with Gasteiger partial charge in [0.15, 0.2) is 0 Å². The van der Waals surface area contributed by atoms with Gasteiger partial charge in [0.2, 0.25) is 0 Å². The molecule has 0 saturated heterocycles. The SMILES string of the molecule is CCc1cc(C(=O)O)cc(SC(C)C)n1. The molecule has 0 radical (unpaired) electrons. The lowest BCUT2D eigenvalue weighted by Gasteiger charge is -2.07. The Balaban J connectivity index is 3.05. The van der Waals surface area contributed by atoms with E-state index in [1.165, 1.54) is 0 Å². The molecule has 4 heteroatoms. The van der Waals surface area contributed by atoms with Crippen molar-refractivity contribution in [3.05, 3.63) is 23.4 Å². The van der Waals surface area contributed by atoms with Crippen molar-refractivity contribution in [3.8, 4) is 0 Å². The minimum Gasteiger partial charge on any atom is -0.478 e. The predicted octanol–water partition coefficient (Wildman–Crippen LogP) is 2.84. The van der Waals surface area contributed by atoms with Crippen LogP contribution in [0.25, 0.3) is 0 Å². The molecule has 1 heterocycles. The molecule has 15 heavy (non-hydrogen) atoms.